The van der Waals surface area contributed by atoms with Crippen LogP contribution in [0.3, 0.4) is 0 Å². The second kappa shape index (κ2) is 5.29. The highest BCUT2D eigenvalue weighted by Gasteiger charge is 2.05. The largest absolute Gasteiger partial charge is 0.276 e. The molecule has 0 radical (unpaired) electrons. The van der Waals surface area contributed by atoms with Crippen molar-refractivity contribution < 1.29 is 0 Å². The number of nitrogens with zero attached hydrogens (tertiary/aromatic N) is 4. The molecule has 0 atom stereocenters. The fraction of sp³-hybridized carbons (Fsp3) is 0. The van der Waals surface area contributed by atoms with Crippen molar-refractivity contribution in [3.05, 3.63) is 72.9 Å². The lowest BCUT2D eigenvalue weighted by Gasteiger charge is -2.00. The fourth-order valence-corrected chi connectivity index (χ4v) is 2.38. The average Bonchev–Trinajstić information content (AvgIpc) is 3.23. The van der Waals surface area contributed by atoms with E-state index in [0.29, 0.717) is 0 Å². The van der Waals surface area contributed by atoms with Gasteiger partial charge in [-0.1, -0.05) is 6.07 Å². The fourth-order valence-electron chi connectivity index (χ4n) is 2.38. The minimum atomic E-state index is 0.893. The third kappa shape index (κ3) is 2.29. The highest BCUT2D eigenvalue weighted by molar-refractivity contribution is 5.98. The molecule has 0 aliphatic carbocycles. The van der Waals surface area contributed by atoms with Gasteiger partial charge >= 0.3 is 0 Å². The molecule has 0 aliphatic rings. The minimum absolute atomic E-state index is 0.893. The Morgan fingerprint density at radius 3 is 2.64 bits per heavy atom. The summed E-state index contributed by atoms with van der Waals surface area (Å²) in [7, 11) is 0. The Kier molecular flexibility index (Phi) is 3.01. The maximum atomic E-state index is 4.36. The second-order valence-corrected chi connectivity index (χ2v) is 4.91. The van der Waals surface area contributed by atoms with E-state index in [1.54, 1.807) is 23.3 Å². The van der Waals surface area contributed by atoms with E-state index in [4.69, 9.17) is 0 Å². The summed E-state index contributed by atoms with van der Waals surface area (Å²) in [5.74, 6) is 0. The summed E-state index contributed by atoms with van der Waals surface area (Å²) in [6, 6.07) is 14.1. The summed E-state index contributed by atoms with van der Waals surface area (Å²) in [4.78, 5) is 4.04. The Bertz CT molecular complexity index is 920. The first kappa shape index (κ1) is 12.5. The standard InChI is InChI=1S/C17H13N5/c1-2-10-22(9-1)19-12-17-15-4-3-14(11-16(15)20-21-17)13-5-7-18-8-6-13/h1-12H,(H,20,21)/b19-12+. The number of hydrogen-bond donors (Lipinski definition) is 1. The maximum absolute atomic E-state index is 4.36. The summed E-state index contributed by atoms with van der Waals surface area (Å²) in [5.41, 5.74) is 4.06. The molecule has 0 spiro atoms. The lowest BCUT2D eigenvalue weighted by Crippen LogP contribution is -1.87. The van der Waals surface area contributed by atoms with E-state index in [9.17, 15) is 0 Å². The number of benzene rings is 1. The van der Waals surface area contributed by atoms with Crippen molar-refractivity contribution in [2.24, 2.45) is 5.10 Å². The summed E-state index contributed by atoms with van der Waals surface area (Å²) < 4.78 is 1.75. The van der Waals surface area contributed by atoms with Crippen molar-refractivity contribution in [2.45, 2.75) is 0 Å². The molecule has 106 valence electrons. The van der Waals surface area contributed by atoms with Gasteiger partial charge in [-0.25, -0.2) is 4.68 Å². The highest BCUT2D eigenvalue weighted by atomic mass is 15.3. The number of H-pyrrole nitrogens is 1. The van der Waals surface area contributed by atoms with Gasteiger partial charge in [0.05, 0.1) is 17.4 Å². The predicted octanol–water partition coefficient (Wildman–Crippen LogP) is 3.31. The Labute approximate surface area is 126 Å². The van der Waals surface area contributed by atoms with Gasteiger partial charge in [0.1, 0.15) is 0 Å². The number of nitrogens with one attached hydrogen (secondary N) is 1. The SMILES string of the molecule is C(=N\n1cccc1)/c1[nH]nc2cc(-c3ccncc3)ccc12. The predicted molar refractivity (Wildman–Crippen MR) is 86.7 cm³/mol. The van der Waals surface area contributed by atoms with Crippen LogP contribution in [0.2, 0.25) is 0 Å². The third-order valence-corrected chi connectivity index (χ3v) is 3.51. The van der Waals surface area contributed by atoms with Crippen LogP contribution in [0.1, 0.15) is 5.69 Å². The number of rotatable bonds is 3. The van der Waals surface area contributed by atoms with Gasteiger partial charge in [0.25, 0.3) is 0 Å². The molecule has 0 unspecified atom stereocenters. The molecule has 0 saturated carbocycles. The first-order valence-corrected chi connectivity index (χ1v) is 6.96. The van der Waals surface area contributed by atoms with Crippen LogP contribution in [0.25, 0.3) is 22.0 Å². The van der Waals surface area contributed by atoms with Crippen LogP contribution in [0.4, 0.5) is 0 Å². The molecule has 3 heterocycles. The van der Waals surface area contributed by atoms with Crippen molar-refractivity contribution in [3.8, 4) is 11.1 Å². The van der Waals surface area contributed by atoms with Gasteiger partial charge in [0.15, 0.2) is 0 Å². The topological polar surface area (TPSA) is 58.9 Å². The van der Waals surface area contributed by atoms with Gasteiger partial charge in [0, 0.05) is 30.2 Å². The van der Waals surface area contributed by atoms with E-state index in [0.717, 1.165) is 27.7 Å². The number of aromatic amines is 1. The number of hydrogen-bond acceptors (Lipinski definition) is 3. The van der Waals surface area contributed by atoms with Crippen LogP contribution in [-0.2, 0) is 0 Å². The molecule has 5 nitrogen and oxygen atoms in total. The lowest BCUT2D eigenvalue weighted by atomic mass is 10.1. The van der Waals surface area contributed by atoms with Gasteiger partial charge in [-0.05, 0) is 47.5 Å². The second-order valence-electron chi connectivity index (χ2n) is 4.91. The van der Waals surface area contributed by atoms with Crippen LogP contribution < -0.4 is 0 Å². The molecule has 4 rings (SSSR count). The number of aromatic nitrogens is 4. The lowest BCUT2D eigenvalue weighted by molar-refractivity contribution is 0.893. The van der Waals surface area contributed by atoms with Crippen molar-refractivity contribution in [2.75, 3.05) is 0 Å². The zero-order chi connectivity index (χ0) is 14.8. The molecule has 1 N–H and O–H groups in total. The van der Waals surface area contributed by atoms with E-state index in [-0.39, 0.29) is 0 Å². The Hall–Kier alpha value is -3.21. The Morgan fingerprint density at radius 2 is 1.82 bits per heavy atom. The van der Waals surface area contributed by atoms with Gasteiger partial charge in [-0.15, -0.1) is 0 Å². The van der Waals surface area contributed by atoms with Crippen LogP contribution >= 0.6 is 0 Å². The molecule has 22 heavy (non-hydrogen) atoms. The smallest absolute Gasteiger partial charge is 0.0934 e. The first-order valence-electron chi connectivity index (χ1n) is 6.96. The molecule has 0 aliphatic heterocycles. The van der Waals surface area contributed by atoms with Crippen molar-refractivity contribution in [3.63, 3.8) is 0 Å². The van der Waals surface area contributed by atoms with E-state index in [1.807, 2.05) is 36.7 Å². The maximum Gasteiger partial charge on any atom is 0.0934 e. The van der Waals surface area contributed by atoms with E-state index in [1.165, 1.54) is 0 Å². The number of pyridine rings is 1. The highest BCUT2D eigenvalue weighted by Crippen LogP contribution is 2.24. The normalized spacial score (nSPS) is 11.5. The van der Waals surface area contributed by atoms with Crippen LogP contribution in [-0.4, -0.2) is 26.1 Å². The average molecular weight is 287 g/mol. The molecule has 1 aromatic carbocycles. The van der Waals surface area contributed by atoms with E-state index in [2.05, 4.69) is 38.5 Å². The summed E-state index contributed by atoms with van der Waals surface area (Å²) >= 11 is 0. The molecule has 0 amide bonds. The van der Waals surface area contributed by atoms with Gasteiger partial charge in [-0.2, -0.15) is 10.2 Å². The Balaban J connectivity index is 1.72. The molecule has 0 bridgehead atoms. The number of fused-ring (bicyclic) bond motifs is 1. The van der Waals surface area contributed by atoms with E-state index >= 15 is 0 Å². The van der Waals surface area contributed by atoms with Crippen molar-refractivity contribution >= 4 is 17.1 Å². The molecule has 4 aromatic rings. The van der Waals surface area contributed by atoms with Crippen LogP contribution in [0, 0.1) is 0 Å². The molecule has 0 saturated heterocycles. The quantitative estimate of drug-likeness (QED) is 0.588. The summed E-state index contributed by atoms with van der Waals surface area (Å²) in [6.45, 7) is 0. The zero-order valence-corrected chi connectivity index (χ0v) is 11.7. The molecular weight excluding hydrogens is 274 g/mol. The zero-order valence-electron chi connectivity index (χ0n) is 11.7. The van der Waals surface area contributed by atoms with Crippen molar-refractivity contribution in [1.82, 2.24) is 19.9 Å². The molecule has 3 aromatic heterocycles. The summed E-state index contributed by atoms with van der Waals surface area (Å²) in [6.07, 6.45) is 9.13. The van der Waals surface area contributed by atoms with Gasteiger partial charge < -0.3 is 0 Å². The minimum Gasteiger partial charge on any atom is -0.276 e. The third-order valence-electron chi connectivity index (χ3n) is 3.51. The van der Waals surface area contributed by atoms with Gasteiger partial charge in [0.2, 0.25) is 0 Å². The van der Waals surface area contributed by atoms with Crippen LogP contribution in [0.5, 0.6) is 0 Å². The monoisotopic (exact) mass is 287 g/mol. The molecule has 0 fully saturated rings. The first-order chi connectivity index (χ1) is 10.9. The molecular formula is C17H13N5. The van der Waals surface area contributed by atoms with Crippen molar-refractivity contribution in [1.29, 1.82) is 0 Å². The van der Waals surface area contributed by atoms with Crippen LogP contribution in [0.15, 0.2) is 72.4 Å². The van der Waals surface area contributed by atoms with E-state index < -0.39 is 0 Å². The summed E-state index contributed by atoms with van der Waals surface area (Å²) in [5, 5.41) is 12.8. The molecule has 5 heteroatoms. The van der Waals surface area contributed by atoms with Gasteiger partial charge in [-0.3, -0.25) is 10.1 Å². The Morgan fingerprint density at radius 1 is 1.00 bits per heavy atom.